The van der Waals surface area contributed by atoms with E-state index in [9.17, 15) is 8.42 Å². The van der Waals surface area contributed by atoms with Crippen LogP contribution in [0.25, 0.3) is 0 Å². The maximum atomic E-state index is 12.7. The van der Waals surface area contributed by atoms with Crippen LogP contribution >= 0.6 is 0 Å². The second kappa shape index (κ2) is 6.37. The van der Waals surface area contributed by atoms with Gasteiger partial charge in [0.25, 0.3) is 0 Å². The molecular formula is C14H23N3O2S. The van der Waals surface area contributed by atoms with E-state index in [0.717, 1.165) is 11.1 Å². The molecule has 0 saturated carbocycles. The highest BCUT2D eigenvalue weighted by Gasteiger charge is 2.27. The second-order valence-corrected chi connectivity index (χ2v) is 7.12. The van der Waals surface area contributed by atoms with E-state index in [2.05, 4.69) is 0 Å². The largest absolute Gasteiger partial charge is 0.388 e. The SMILES string of the molecule is Cc1ccc(S(=O)(=O)N(CCC(=N)N)C(C)C)cc1C. The van der Waals surface area contributed by atoms with Crippen molar-refractivity contribution < 1.29 is 8.42 Å². The van der Waals surface area contributed by atoms with Gasteiger partial charge in [-0.05, 0) is 51.0 Å². The normalized spacial score (nSPS) is 12.1. The molecule has 0 fully saturated rings. The van der Waals surface area contributed by atoms with Crippen molar-refractivity contribution in [2.75, 3.05) is 6.54 Å². The molecule has 0 radical (unpaired) electrons. The predicted molar refractivity (Wildman–Crippen MR) is 81.5 cm³/mol. The molecule has 1 aromatic rings. The van der Waals surface area contributed by atoms with Crippen molar-refractivity contribution >= 4 is 15.9 Å². The molecule has 0 aliphatic heterocycles. The molecule has 0 amide bonds. The quantitative estimate of drug-likeness (QED) is 0.622. The van der Waals surface area contributed by atoms with Crippen LogP contribution in [-0.4, -0.2) is 31.1 Å². The van der Waals surface area contributed by atoms with E-state index in [1.165, 1.54) is 4.31 Å². The third-order valence-electron chi connectivity index (χ3n) is 3.26. The average molecular weight is 297 g/mol. The van der Waals surface area contributed by atoms with Crippen molar-refractivity contribution in [2.45, 2.75) is 45.1 Å². The second-order valence-electron chi connectivity index (χ2n) is 5.23. The maximum absolute atomic E-state index is 12.7. The summed E-state index contributed by atoms with van der Waals surface area (Å²) in [6, 6.07) is 4.95. The highest BCUT2D eigenvalue weighted by Crippen LogP contribution is 2.21. The Bertz CT molecular complexity index is 594. The summed E-state index contributed by atoms with van der Waals surface area (Å²) in [6.07, 6.45) is 0.238. The Morgan fingerprint density at radius 1 is 1.30 bits per heavy atom. The number of nitrogens with one attached hydrogen (secondary N) is 1. The van der Waals surface area contributed by atoms with Crippen molar-refractivity contribution in [3.63, 3.8) is 0 Å². The van der Waals surface area contributed by atoms with Crippen molar-refractivity contribution in [2.24, 2.45) is 5.73 Å². The monoisotopic (exact) mass is 297 g/mol. The third kappa shape index (κ3) is 3.80. The van der Waals surface area contributed by atoms with Crippen LogP contribution < -0.4 is 5.73 Å². The fourth-order valence-electron chi connectivity index (χ4n) is 1.90. The van der Waals surface area contributed by atoms with Gasteiger partial charge in [-0.1, -0.05) is 6.07 Å². The molecule has 6 heteroatoms. The molecule has 0 bridgehead atoms. The number of nitrogens with two attached hydrogens (primary N) is 1. The Balaban J connectivity index is 3.15. The molecule has 0 atom stereocenters. The molecule has 0 aliphatic rings. The van der Waals surface area contributed by atoms with E-state index in [1.807, 2.05) is 33.8 Å². The molecule has 0 unspecified atom stereocenters. The van der Waals surface area contributed by atoms with Gasteiger partial charge in [0.1, 0.15) is 0 Å². The fraction of sp³-hybridized carbons (Fsp3) is 0.500. The van der Waals surface area contributed by atoms with Crippen LogP contribution in [0.1, 0.15) is 31.4 Å². The number of nitrogens with zero attached hydrogens (tertiary/aromatic N) is 1. The van der Waals surface area contributed by atoms with Crippen molar-refractivity contribution in [1.29, 1.82) is 5.41 Å². The minimum absolute atomic E-state index is 0.00839. The van der Waals surface area contributed by atoms with Gasteiger partial charge in [-0.2, -0.15) is 4.31 Å². The van der Waals surface area contributed by atoms with Crippen molar-refractivity contribution in [1.82, 2.24) is 4.31 Å². The Kier molecular flexibility index (Phi) is 5.30. The number of rotatable bonds is 6. The molecular weight excluding hydrogens is 274 g/mol. The summed E-state index contributed by atoms with van der Waals surface area (Å²) >= 11 is 0. The molecule has 3 N–H and O–H groups in total. The summed E-state index contributed by atoms with van der Waals surface area (Å²) in [6.45, 7) is 7.70. The first kappa shape index (κ1) is 16.7. The van der Waals surface area contributed by atoms with E-state index in [-0.39, 0.29) is 29.7 Å². The van der Waals surface area contributed by atoms with Crippen LogP contribution in [0.2, 0.25) is 0 Å². The number of sulfonamides is 1. The smallest absolute Gasteiger partial charge is 0.243 e. The Hall–Kier alpha value is -1.40. The van der Waals surface area contributed by atoms with Gasteiger partial charge in [0.05, 0.1) is 10.7 Å². The lowest BCUT2D eigenvalue weighted by molar-refractivity contribution is 0.361. The number of hydrogen-bond acceptors (Lipinski definition) is 3. The van der Waals surface area contributed by atoms with Gasteiger partial charge in [0.15, 0.2) is 0 Å². The average Bonchev–Trinajstić information content (AvgIpc) is 2.31. The molecule has 0 aliphatic carbocycles. The minimum Gasteiger partial charge on any atom is -0.388 e. The van der Waals surface area contributed by atoms with Gasteiger partial charge >= 0.3 is 0 Å². The molecule has 0 heterocycles. The zero-order valence-electron chi connectivity index (χ0n) is 12.5. The summed E-state index contributed by atoms with van der Waals surface area (Å²) in [5.74, 6) is -0.00839. The van der Waals surface area contributed by atoms with Gasteiger partial charge in [0, 0.05) is 19.0 Å². The first-order chi connectivity index (χ1) is 9.16. The van der Waals surface area contributed by atoms with Crippen molar-refractivity contribution in [3.05, 3.63) is 29.3 Å². The molecule has 1 rings (SSSR count). The van der Waals surface area contributed by atoms with Crippen LogP contribution in [0.3, 0.4) is 0 Å². The summed E-state index contributed by atoms with van der Waals surface area (Å²) in [5, 5.41) is 7.26. The van der Waals surface area contributed by atoms with Gasteiger partial charge in [-0.3, -0.25) is 5.41 Å². The summed E-state index contributed by atoms with van der Waals surface area (Å²) < 4.78 is 26.7. The Labute approximate surface area is 121 Å². The van der Waals surface area contributed by atoms with Crippen LogP contribution in [0.4, 0.5) is 0 Å². The highest BCUT2D eigenvalue weighted by molar-refractivity contribution is 7.89. The maximum Gasteiger partial charge on any atom is 0.243 e. The molecule has 0 saturated heterocycles. The van der Waals surface area contributed by atoms with Gasteiger partial charge in [-0.25, -0.2) is 8.42 Å². The minimum atomic E-state index is -3.55. The number of hydrogen-bond donors (Lipinski definition) is 2. The van der Waals surface area contributed by atoms with Crippen LogP contribution in [0, 0.1) is 19.3 Å². The zero-order chi connectivity index (χ0) is 15.5. The van der Waals surface area contributed by atoms with Gasteiger partial charge in [-0.15, -0.1) is 0 Å². The lowest BCUT2D eigenvalue weighted by atomic mass is 10.1. The van der Waals surface area contributed by atoms with E-state index >= 15 is 0 Å². The first-order valence-electron chi connectivity index (χ1n) is 6.58. The van der Waals surface area contributed by atoms with Crippen LogP contribution in [0.5, 0.6) is 0 Å². The number of benzene rings is 1. The van der Waals surface area contributed by atoms with Gasteiger partial charge in [0.2, 0.25) is 10.0 Å². The first-order valence-corrected chi connectivity index (χ1v) is 8.02. The summed E-state index contributed by atoms with van der Waals surface area (Å²) in [5.41, 5.74) is 7.33. The van der Waals surface area contributed by atoms with E-state index in [0.29, 0.717) is 0 Å². The number of aryl methyl sites for hydroxylation is 2. The van der Waals surface area contributed by atoms with Crippen LogP contribution in [0.15, 0.2) is 23.1 Å². The summed E-state index contributed by atoms with van der Waals surface area (Å²) in [7, 11) is -3.55. The standard InChI is InChI=1S/C14H23N3O2S/c1-10(2)17(8-7-14(15)16)20(18,19)13-6-5-11(3)12(4)9-13/h5-6,9-10H,7-8H2,1-4H3,(H3,15,16). The Morgan fingerprint density at radius 2 is 1.90 bits per heavy atom. The molecule has 0 aromatic heterocycles. The van der Waals surface area contributed by atoms with E-state index < -0.39 is 10.0 Å². The van der Waals surface area contributed by atoms with E-state index in [1.54, 1.807) is 12.1 Å². The third-order valence-corrected chi connectivity index (χ3v) is 5.33. The highest BCUT2D eigenvalue weighted by atomic mass is 32.2. The number of amidine groups is 1. The fourth-order valence-corrected chi connectivity index (χ4v) is 3.62. The molecule has 1 aromatic carbocycles. The summed E-state index contributed by atoms with van der Waals surface area (Å²) in [4.78, 5) is 0.290. The molecule has 20 heavy (non-hydrogen) atoms. The molecule has 112 valence electrons. The zero-order valence-corrected chi connectivity index (χ0v) is 13.3. The molecule has 0 spiro atoms. The van der Waals surface area contributed by atoms with Crippen molar-refractivity contribution in [3.8, 4) is 0 Å². The predicted octanol–water partition coefficient (Wildman–Crippen LogP) is 2.03. The van der Waals surface area contributed by atoms with Gasteiger partial charge < -0.3 is 5.73 Å². The lowest BCUT2D eigenvalue weighted by Crippen LogP contribution is -2.39. The Morgan fingerprint density at radius 3 is 2.35 bits per heavy atom. The van der Waals surface area contributed by atoms with E-state index in [4.69, 9.17) is 11.1 Å². The topological polar surface area (TPSA) is 87.2 Å². The lowest BCUT2D eigenvalue weighted by Gasteiger charge is -2.26. The van der Waals surface area contributed by atoms with Crippen LogP contribution in [-0.2, 0) is 10.0 Å². The molecule has 5 nitrogen and oxygen atoms in total.